The summed E-state index contributed by atoms with van der Waals surface area (Å²) < 4.78 is 0. The van der Waals surface area contributed by atoms with Gasteiger partial charge in [0.05, 0.1) is 9.73 Å². The molecule has 0 spiro atoms. The molecule has 0 fully saturated rings. The molecule has 0 nitrogen and oxygen atoms in total. The summed E-state index contributed by atoms with van der Waals surface area (Å²) in [6, 6.07) is 18.4. The van der Waals surface area contributed by atoms with E-state index >= 15 is 0 Å². The zero-order chi connectivity index (χ0) is 14.5. The Morgan fingerprint density at radius 1 is 0.850 bits per heavy atom. The predicted molar refractivity (Wildman–Crippen MR) is 95.0 cm³/mol. The maximum Gasteiger partial charge on any atom is 0.0636 e. The van der Waals surface area contributed by atoms with Gasteiger partial charge >= 0.3 is 0 Å². The molecule has 0 heterocycles. The first-order valence-corrected chi connectivity index (χ1v) is 7.69. The van der Waals surface area contributed by atoms with Crippen molar-refractivity contribution in [2.75, 3.05) is 0 Å². The summed E-state index contributed by atoms with van der Waals surface area (Å²) in [6.45, 7) is 4.44. The van der Waals surface area contributed by atoms with Gasteiger partial charge in [0.1, 0.15) is 0 Å². The fourth-order valence-corrected chi connectivity index (χ4v) is 2.56. The third kappa shape index (κ3) is 3.38. The predicted octanol–water partition coefficient (Wildman–Crippen LogP) is 5.34. The van der Waals surface area contributed by atoms with Gasteiger partial charge < -0.3 is 0 Å². The van der Waals surface area contributed by atoms with Crippen molar-refractivity contribution < 1.29 is 0 Å². The lowest BCUT2D eigenvalue weighted by Crippen LogP contribution is -2.11. The number of benzene rings is 2. The van der Waals surface area contributed by atoms with Gasteiger partial charge in [-0.1, -0.05) is 92.9 Å². The van der Waals surface area contributed by atoms with E-state index in [2.05, 4.69) is 38.1 Å². The first kappa shape index (κ1) is 15.0. The molecule has 1 unspecified atom stereocenters. The van der Waals surface area contributed by atoms with E-state index in [1.54, 1.807) is 0 Å². The van der Waals surface area contributed by atoms with Gasteiger partial charge in [-0.15, -0.1) is 0 Å². The minimum absolute atomic E-state index is 0.582. The normalized spacial score (nSPS) is 11.9. The highest BCUT2D eigenvalue weighted by molar-refractivity contribution is 7.90. The van der Waals surface area contributed by atoms with Gasteiger partial charge in [-0.05, 0) is 29.0 Å². The standard InChI is InChI=1S/C18H18S2/c1-3-13(2)14-9-11-16(12-10-14)18(20)17(19)15-7-5-4-6-8-15/h4-13H,3H2,1-2H3. The summed E-state index contributed by atoms with van der Waals surface area (Å²) in [5.74, 6) is 0.582. The quantitative estimate of drug-likeness (QED) is 0.540. The minimum Gasteiger partial charge on any atom is -0.0778 e. The van der Waals surface area contributed by atoms with Crippen molar-refractivity contribution in [1.82, 2.24) is 0 Å². The molecule has 2 aromatic rings. The molecular formula is C18H18S2. The van der Waals surface area contributed by atoms with Crippen LogP contribution in [0.15, 0.2) is 54.6 Å². The fraction of sp³-hybridized carbons (Fsp3) is 0.222. The first-order chi connectivity index (χ1) is 9.63. The highest BCUT2D eigenvalue weighted by Crippen LogP contribution is 2.20. The van der Waals surface area contributed by atoms with E-state index in [1.807, 2.05) is 30.3 Å². The summed E-state index contributed by atoms with van der Waals surface area (Å²) in [6.07, 6.45) is 1.15. The van der Waals surface area contributed by atoms with Crippen LogP contribution in [-0.2, 0) is 0 Å². The van der Waals surface area contributed by atoms with Gasteiger partial charge in [-0.25, -0.2) is 0 Å². The van der Waals surface area contributed by atoms with Gasteiger partial charge in [0.15, 0.2) is 0 Å². The Morgan fingerprint density at radius 3 is 1.85 bits per heavy atom. The molecule has 0 aliphatic rings. The summed E-state index contributed by atoms with van der Waals surface area (Å²) in [4.78, 5) is 1.50. The van der Waals surface area contributed by atoms with Crippen molar-refractivity contribution in [1.29, 1.82) is 0 Å². The van der Waals surface area contributed by atoms with Gasteiger partial charge in [0, 0.05) is 0 Å². The van der Waals surface area contributed by atoms with Crippen molar-refractivity contribution in [2.24, 2.45) is 0 Å². The van der Waals surface area contributed by atoms with E-state index in [4.69, 9.17) is 24.4 Å². The molecule has 0 radical (unpaired) electrons. The number of thiocarbonyl (C=S) groups is 2. The zero-order valence-electron chi connectivity index (χ0n) is 11.8. The van der Waals surface area contributed by atoms with Crippen LogP contribution in [0.3, 0.4) is 0 Å². The SMILES string of the molecule is CCC(C)c1ccc(C(=S)C(=S)c2ccccc2)cc1. The maximum atomic E-state index is 5.52. The highest BCUT2D eigenvalue weighted by atomic mass is 32.1. The number of hydrogen-bond acceptors (Lipinski definition) is 2. The van der Waals surface area contributed by atoms with E-state index in [-0.39, 0.29) is 0 Å². The van der Waals surface area contributed by atoms with Crippen LogP contribution in [-0.4, -0.2) is 9.73 Å². The molecule has 0 bridgehead atoms. The average Bonchev–Trinajstić information content (AvgIpc) is 2.53. The van der Waals surface area contributed by atoms with Crippen LogP contribution in [0.25, 0.3) is 0 Å². The molecule has 0 aliphatic carbocycles. The smallest absolute Gasteiger partial charge is 0.0636 e. The van der Waals surface area contributed by atoms with Crippen LogP contribution in [0.5, 0.6) is 0 Å². The maximum absolute atomic E-state index is 5.52. The average molecular weight is 298 g/mol. The Hall–Kier alpha value is -1.38. The van der Waals surface area contributed by atoms with E-state index < -0.39 is 0 Å². The summed E-state index contributed by atoms with van der Waals surface area (Å²) in [5.41, 5.74) is 3.39. The Morgan fingerprint density at radius 2 is 1.35 bits per heavy atom. The third-order valence-corrected chi connectivity index (χ3v) is 4.61. The molecule has 0 aromatic heterocycles. The summed E-state index contributed by atoms with van der Waals surface area (Å²) in [7, 11) is 0. The van der Waals surface area contributed by atoms with Crippen LogP contribution >= 0.6 is 24.4 Å². The second-order valence-corrected chi connectivity index (χ2v) is 5.77. The van der Waals surface area contributed by atoms with E-state index in [1.165, 1.54) is 5.56 Å². The molecule has 0 aliphatic heterocycles. The number of rotatable bonds is 5. The molecule has 0 N–H and O–H groups in total. The molecular weight excluding hydrogens is 280 g/mol. The molecule has 0 amide bonds. The molecule has 2 rings (SSSR count). The minimum atomic E-state index is 0.582. The van der Waals surface area contributed by atoms with Crippen LogP contribution < -0.4 is 0 Å². The Balaban J connectivity index is 2.20. The summed E-state index contributed by atoms with van der Waals surface area (Å²) >= 11 is 11.0. The highest BCUT2D eigenvalue weighted by Gasteiger charge is 2.10. The molecule has 1 atom stereocenters. The Kier molecular flexibility index (Phi) is 5.16. The topological polar surface area (TPSA) is 0 Å². The van der Waals surface area contributed by atoms with Crippen LogP contribution in [0.1, 0.15) is 42.9 Å². The van der Waals surface area contributed by atoms with Crippen molar-refractivity contribution in [3.05, 3.63) is 71.3 Å². The van der Waals surface area contributed by atoms with Crippen LogP contribution in [0.4, 0.5) is 0 Å². The molecule has 20 heavy (non-hydrogen) atoms. The molecule has 0 saturated heterocycles. The fourth-order valence-electron chi connectivity index (χ4n) is 2.05. The summed E-state index contributed by atoms with van der Waals surface area (Å²) in [5, 5.41) is 0. The second-order valence-electron chi connectivity index (χ2n) is 4.96. The van der Waals surface area contributed by atoms with E-state index in [9.17, 15) is 0 Å². The zero-order valence-corrected chi connectivity index (χ0v) is 13.4. The van der Waals surface area contributed by atoms with Gasteiger partial charge in [-0.2, -0.15) is 0 Å². The van der Waals surface area contributed by atoms with Gasteiger partial charge in [-0.3, -0.25) is 0 Å². The lowest BCUT2D eigenvalue weighted by molar-refractivity contribution is 0.733. The Labute approximate surface area is 131 Å². The lowest BCUT2D eigenvalue weighted by atomic mass is 9.96. The van der Waals surface area contributed by atoms with Crippen molar-refractivity contribution in [2.45, 2.75) is 26.2 Å². The largest absolute Gasteiger partial charge is 0.0778 e. The molecule has 0 saturated carbocycles. The first-order valence-electron chi connectivity index (χ1n) is 6.87. The van der Waals surface area contributed by atoms with Crippen molar-refractivity contribution in [3.8, 4) is 0 Å². The molecule has 2 heteroatoms. The van der Waals surface area contributed by atoms with Crippen molar-refractivity contribution in [3.63, 3.8) is 0 Å². The number of hydrogen-bond donors (Lipinski definition) is 0. The third-order valence-electron chi connectivity index (χ3n) is 3.60. The van der Waals surface area contributed by atoms with E-state index in [0.717, 1.165) is 27.3 Å². The van der Waals surface area contributed by atoms with Crippen LogP contribution in [0, 0.1) is 0 Å². The molecule has 2 aromatic carbocycles. The van der Waals surface area contributed by atoms with E-state index in [0.29, 0.717) is 5.92 Å². The lowest BCUT2D eigenvalue weighted by Gasteiger charge is -2.11. The Bertz CT molecular complexity index is 597. The molecule has 102 valence electrons. The van der Waals surface area contributed by atoms with Gasteiger partial charge in [0.25, 0.3) is 0 Å². The van der Waals surface area contributed by atoms with Crippen molar-refractivity contribution >= 4 is 34.2 Å². The second kappa shape index (κ2) is 6.87. The van der Waals surface area contributed by atoms with Gasteiger partial charge in [0.2, 0.25) is 0 Å². The monoisotopic (exact) mass is 298 g/mol. The van der Waals surface area contributed by atoms with Crippen LogP contribution in [0.2, 0.25) is 0 Å².